The van der Waals surface area contributed by atoms with Gasteiger partial charge in [0.25, 0.3) is 0 Å². The standard InChI is InChI=1S/C33H43N3O4/c1-22-16-27(37)17-23(2)28(22)20-30(35)32(39)15-9-14-31(38)29(19-25-12-7-4-8-13-25)33(40)36-26(21-34)18-24-10-5-3-6-11-24/h3-14,16-17,26,29-32,37-39H,15,18-21,34-35H2,1-2H3,(H,36,40)/b14-9+. The van der Waals surface area contributed by atoms with E-state index in [0.29, 0.717) is 19.3 Å². The van der Waals surface area contributed by atoms with E-state index in [-0.39, 0.29) is 30.7 Å². The van der Waals surface area contributed by atoms with Crippen molar-refractivity contribution >= 4 is 5.91 Å². The third-order valence-electron chi connectivity index (χ3n) is 7.33. The number of rotatable bonds is 14. The number of nitrogens with one attached hydrogen (secondary N) is 1. The van der Waals surface area contributed by atoms with Crippen LogP contribution in [0.3, 0.4) is 0 Å². The summed E-state index contributed by atoms with van der Waals surface area (Å²) >= 11 is 0. The minimum atomic E-state index is -1.07. The Bertz CT molecular complexity index is 1210. The number of amides is 1. The number of nitrogens with two attached hydrogens (primary N) is 2. The quantitative estimate of drug-likeness (QED) is 0.172. The fourth-order valence-electron chi connectivity index (χ4n) is 4.97. The van der Waals surface area contributed by atoms with Gasteiger partial charge in [-0.25, -0.2) is 0 Å². The molecule has 3 aromatic carbocycles. The molecule has 5 unspecified atom stereocenters. The molecule has 0 spiro atoms. The lowest BCUT2D eigenvalue weighted by Gasteiger charge is -2.24. The summed E-state index contributed by atoms with van der Waals surface area (Å²) in [7, 11) is 0. The Labute approximate surface area is 237 Å². The Hall–Kier alpha value is -3.49. The van der Waals surface area contributed by atoms with E-state index in [1.807, 2.05) is 74.5 Å². The number of hydrogen-bond donors (Lipinski definition) is 6. The van der Waals surface area contributed by atoms with Crippen molar-refractivity contribution in [3.63, 3.8) is 0 Å². The summed E-state index contributed by atoms with van der Waals surface area (Å²) < 4.78 is 0. The second kappa shape index (κ2) is 15.3. The van der Waals surface area contributed by atoms with Crippen LogP contribution in [0.25, 0.3) is 0 Å². The van der Waals surface area contributed by atoms with E-state index in [2.05, 4.69) is 5.32 Å². The number of aromatic hydroxyl groups is 1. The lowest BCUT2D eigenvalue weighted by Crippen LogP contribution is -2.47. The third kappa shape index (κ3) is 9.31. The maximum atomic E-state index is 13.4. The first-order valence-corrected chi connectivity index (χ1v) is 13.8. The number of aliphatic hydroxyl groups is 2. The van der Waals surface area contributed by atoms with E-state index in [0.717, 1.165) is 27.8 Å². The van der Waals surface area contributed by atoms with Crippen molar-refractivity contribution in [3.8, 4) is 5.75 Å². The molecule has 0 heterocycles. The average molecular weight is 546 g/mol. The van der Waals surface area contributed by atoms with Crippen LogP contribution in [0, 0.1) is 19.8 Å². The number of phenolic OH excluding ortho intramolecular Hbond substituents is 1. The highest BCUT2D eigenvalue weighted by Gasteiger charge is 2.27. The van der Waals surface area contributed by atoms with Gasteiger partial charge in [0.15, 0.2) is 0 Å². The number of carbonyl (C=O) groups excluding carboxylic acids is 1. The minimum Gasteiger partial charge on any atom is -0.508 e. The topological polar surface area (TPSA) is 142 Å². The Balaban J connectivity index is 1.65. The van der Waals surface area contributed by atoms with E-state index in [1.165, 1.54) is 0 Å². The summed E-state index contributed by atoms with van der Waals surface area (Å²) in [5.74, 6) is -0.809. The second-order valence-corrected chi connectivity index (χ2v) is 10.6. The van der Waals surface area contributed by atoms with Crippen LogP contribution in [0.5, 0.6) is 5.75 Å². The van der Waals surface area contributed by atoms with Gasteiger partial charge in [0.1, 0.15) is 5.75 Å². The van der Waals surface area contributed by atoms with Gasteiger partial charge in [0, 0.05) is 18.6 Å². The van der Waals surface area contributed by atoms with Crippen molar-refractivity contribution < 1.29 is 20.1 Å². The first-order valence-electron chi connectivity index (χ1n) is 13.8. The van der Waals surface area contributed by atoms with Gasteiger partial charge in [0.2, 0.25) is 5.91 Å². The second-order valence-electron chi connectivity index (χ2n) is 10.6. The monoisotopic (exact) mass is 545 g/mol. The fourth-order valence-corrected chi connectivity index (χ4v) is 4.97. The molecule has 3 aromatic rings. The minimum absolute atomic E-state index is 0.205. The number of hydrogen-bond acceptors (Lipinski definition) is 6. The Kier molecular flexibility index (Phi) is 11.9. The third-order valence-corrected chi connectivity index (χ3v) is 7.33. The highest BCUT2D eigenvalue weighted by Crippen LogP contribution is 2.23. The molecule has 0 saturated heterocycles. The molecule has 0 aliphatic carbocycles. The van der Waals surface area contributed by atoms with E-state index < -0.39 is 24.2 Å². The average Bonchev–Trinajstić information content (AvgIpc) is 2.94. The lowest BCUT2D eigenvalue weighted by molar-refractivity contribution is -0.128. The summed E-state index contributed by atoms with van der Waals surface area (Å²) in [6.45, 7) is 4.09. The van der Waals surface area contributed by atoms with Gasteiger partial charge in [-0.3, -0.25) is 4.79 Å². The summed E-state index contributed by atoms with van der Waals surface area (Å²) in [5, 5.41) is 34.6. The zero-order valence-corrected chi connectivity index (χ0v) is 23.4. The van der Waals surface area contributed by atoms with Gasteiger partial charge in [-0.2, -0.15) is 0 Å². The van der Waals surface area contributed by atoms with E-state index in [1.54, 1.807) is 24.3 Å². The molecular weight excluding hydrogens is 502 g/mol. The zero-order chi connectivity index (χ0) is 29.1. The number of carbonyl (C=O) groups is 1. The molecule has 0 aliphatic heterocycles. The SMILES string of the molecule is Cc1cc(O)cc(C)c1CC(N)C(O)C/C=C/C(O)C(Cc1ccccc1)C(=O)NC(CN)Cc1ccccc1. The molecule has 0 radical (unpaired) electrons. The normalized spacial score (nSPS) is 15.3. The maximum absolute atomic E-state index is 13.4. The molecule has 0 saturated carbocycles. The van der Waals surface area contributed by atoms with Crippen molar-refractivity contribution in [1.29, 1.82) is 0 Å². The van der Waals surface area contributed by atoms with E-state index >= 15 is 0 Å². The van der Waals surface area contributed by atoms with Crippen LogP contribution in [0.15, 0.2) is 84.9 Å². The highest BCUT2D eigenvalue weighted by molar-refractivity contribution is 5.80. The van der Waals surface area contributed by atoms with Crippen LogP contribution in [0.1, 0.15) is 34.2 Å². The summed E-state index contributed by atoms with van der Waals surface area (Å²) in [6.07, 6.45) is 2.96. The largest absolute Gasteiger partial charge is 0.508 e. The van der Waals surface area contributed by atoms with Crippen LogP contribution >= 0.6 is 0 Å². The van der Waals surface area contributed by atoms with Gasteiger partial charge < -0.3 is 32.1 Å². The Morgan fingerprint density at radius 1 is 0.900 bits per heavy atom. The Morgan fingerprint density at radius 2 is 1.45 bits per heavy atom. The number of aliphatic hydroxyl groups excluding tert-OH is 2. The van der Waals surface area contributed by atoms with Crippen LogP contribution in [-0.4, -0.2) is 52.1 Å². The van der Waals surface area contributed by atoms with Gasteiger partial charge in [-0.05, 0) is 79.5 Å². The molecule has 214 valence electrons. The van der Waals surface area contributed by atoms with Gasteiger partial charge in [0.05, 0.1) is 18.1 Å². The molecule has 1 amide bonds. The maximum Gasteiger partial charge on any atom is 0.226 e. The Morgan fingerprint density at radius 3 is 2.00 bits per heavy atom. The van der Waals surface area contributed by atoms with Crippen LogP contribution in [0.4, 0.5) is 0 Å². The number of aryl methyl sites for hydroxylation is 2. The smallest absolute Gasteiger partial charge is 0.226 e. The fraction of sp³-hybridized carbons (Fsp3) is 0.364. The molecule has 0 aliphatic rings. The predicted octanol–water partition coefficient (Wildman–Crippen LogP) is 3.09. The molecule has 0 bridgehead atoms. The van der Waals surface area contributed by atoms with Gasteiger partial charge in [-0.1, -0.05) is 72.8 Å². The highest BCUT2D eigenvalue weighted by atomic mass is 16.3. The number of benzene rings is 3. The molecule has 40 heavy (non-hydrogen) atoms. The summed E-state index contributed by atoms with van der Waals surface area (Å²) in [4.78, 5) is 13.4. The van der Waals surface area contributed by atoms with Gasteiger partial charge in [-0.15, -0.1) is 0 Å². The molecule has 3 rings (SSSR count). The van der Waals surface area contributed by atoms with Crippen LogP contribution in [0.2, 0.25) is 0 Å². The van der Waals surface area contributed by atoms with Crippen molar-refractivity contribution in [2.24, 2.45) is 17.4 Å². The molecule has 0 aromatic heterocycles. The number of phenols is 1. The molecule has 5 atom stereocenters. The van der Waals surface area contributed by atoms with E-state index in [4.69, 9.17) is 11.5 Å². The van der Waals surface area contributed by atoms with Crippen LogP contribution < -0.4 is 16.8 Å². The summed E-state index contributed by atoms with van der Waals surface area (Å²) in [6, 6.07) is 22.0. The zero-order valence-electron chi connectivity index (χ0n) is 23.4. The molecular formula is C33H43N3O4. The predicted molar refractivity (Wildman–Crippen MR) is 160 cm³/mol. The van der Waals surface area contributed by atoms with Crippen molar-refractivity contribution in [1.82, 2.24) is 5.32 Å². The molecule has 7 heteroatoms. The first kappa shape index (κ1) is 31.0. The van der Waals surface area contributed by atoms with Crippen LogP contribution in [-0.2, 0) is 24.1 Å². The molecule has 7 nitrogen and oxygen atoms in total. The molecule has 0 fully saturated rings. The van der Waals surface area contributed by atoms with Gasteiger partial charge >= 0.3 is 0 Å². The van der Waals surface area contributed by atoms with E-state index in [9.17, 15) is 20.1 Å². The lowest BCUT2D eigenvalue weighted by atomic mass is 9.91. The first-order chi connectivity index (χ1) is 19.2. The van der Waals surface area contributed by atoms with Crippen molar-refractivity contribution in [3.05, 3.63) is 113 Å². The van der Waals surface area contributed by atoms with Crippen molar-refractivity contribution in [2.75, 3.05) is 6.54 Å². The summed E-state index contributed by atoms with van der Waals surface area (Å²) in [5.41, 5.74) is 17.1. The van der Waals surface area contributed by atoms with Crippen molar-refractivity contribution in [2.45, 2.75) is 63.8 Å². The molecule has 8 N–H and O–H groups in total.